The molecule has 27 heavy (non-hydrogen) atoms. The van der Waals surface area contributed by atoms with E-state index in [4.69, 9.17) is 9.47 Å². The third kappa shape index (κ3) is 4.46. The average molecular weight is 389 g/mol. The highest BCUT2D eigenvalue weighted by molar-refractivity contribution is 8.01. The van der Waals surface area contributed by atoms with E-state index in [1.807, 2.05) is 12.1 Å². The number of methoxy groups -OCH3 is 1. The number of ether oxygens (including phenoxy) is 2. The molecule has 2 aromatic carbocycles. The molecular formula is C19H16FNO5S. The van der Waals surface area contributed by atoms with Crippen molar-refractivity contribution in [3.63, 3.8) is 0 Å². The highest BCUT2D eigenvalue weighted by Crippen LogP contribution is 2.36. The number of fused-ring (bicyclic) bond motifs is 1. The van der Waals surface area contributed by atoms with Gasteiger partial charge < -0.3 is 14.8 Å². The van der Waals surface area contributed by atoms with Gasteiger partial charge in [-0.25, -0.2) is 4.39 Å². The second-order valence-corrected chi connectivity index (χ2v) is 6.97. The SMILES string of the molecule is COc1ccc(F)cc1C(=O)COC(=O)C[C@@H]1Sc2ccccc2NC1=O. The van der Waals surface area contributed by atoms with E-state index in [2.05, 4.69) is 5.32 Å². The summed E-state index contributed by atoms with van der Waals surface area (Å²) in [6, 6.07) is 10.8. The summed E-state index contributed by atoms with van der Waals surface area (Å²) in [4.78, 5) is 37.2. The lowest BCUT2D eigenvalue weighted by Gasteiger charge is -2.23. The Hall–Kier alpha value is -2.87. The molecule has 0 unspecified atom stereocenters. The van der Waals surface area contributed by atoms with E-state index < -0.39 is 29.4 Å². The molecule has 0 saturated carbocycles. The number of hydrogen-bond acceptors (Lipinski definition) is 6. The fourth-order valence-corrected chi connectivity index (χ4v) is 3.65. The van der Waals surface area contributed by atoms with E-state index in [1.54, 1.807) is 12.1 Å². The summed E-state index contributed by atoms with van der Waals surface area (Å²) in [7, 11) is 1.35. The maximum Gasteiger partial charge on any atom is 0.307 e. The van der Waals surface area contributed by atoms with E-state index in [9.17, 15) is 18.8 Å². The Labute approximate surface area is 159 Å². The van der Waals surface area contributed by atoms with Gasteiger partial charge in [-0.2, -0.15) is 0 Å². The lowest BCUT2D eigenvalue weighted by molar-refractivity contribution is -0.143. The van der Waals surface area contributed by atoms with Gasteiger partial charge in [-0.1, -0.05) is 12.1 Å². The van der Waals surface area contributed by atoms with Crippen molar-refractivity contribution >= 4 is 35.1 Å². The molecule has 3 rings (SSSR count). The maximum absolute atomic E-state index is 13.4. The Morgan fingerprint density at radius 2 is 2.00 bits per heavy atom. The number of amides is 1. The minimum Gasteiger partial charge on any atom is -0.496 e. The number of rotatable bonds is 6. The Balaban J connectivity index is 1.58. The van der Waals surface area contributed by atoms with Gasteiger partial charge in [-0.15, -0.1) is 11.8 Å². The first-order chi connectivity index (χ1) is 13.0. The van der Waals surface area contributed by atoms with Crippen molar-refractivity contribution in [3.05, 3.63) is 53.8 Å². The lowest BCUT2D eigenvalue weighted by atomic mass is 10.1. The second kappa shape index (κ2) is 8.22. The summed E-state index contributed by atoms with van der Waals surface area (Å²) in [5.74, 6) is -1.99. The van der Waals surface area contributed by atoms with Crippen LogP contribution in [0.1, 0.15) is 16.8 Å². The number of halogens is 1. The number of benzene rings is 2. The van der Waals surface area contributed by atoms with E-state index in [0.29, 0.717) is 5.69 Å². The third-order valence-corrected chi connectivity index (χ3v) is 5.16. The summed E-state index contributed by atoms with van der Waals surface area (Å²) in [5.41, 5.74) is 0.689. The molecule has 0 bridgehead atoms. The number of thioether (sulfide) groups is 1. The van der Waals surface area contributed by atoms with Gasteiger partial charge in [0.2, 0.25) is 11.7 Å². The molecule has 1 aliphatic heterocycles. The van der Waals surface area contributed by atoms with Crippen molar-refractivity contribution in [2.24, 2.45) is 0 Å². The number of carbonyl (C=O) groups is 3. The summed E-state index contributed by atoms with van der Waals surface area (Å²) in [5, 5.41) is 2.09. The number of nitrogens with one attached hydrogen (secondary N) is 1. The number of hydrogen-bond donors (Lipinski definition) is 1. The third-order valence-electron chi connectivity index (χ3n) is 3.88. The summed E-state index contributed by atoms with van der Waals surface area (Å²) >= 11 is 1.26. The quantitative estimate of drug-likeness (QED) is 0.604. The van der Waals surface area contributed by atoms with Gasteiger partial charge in [0.05, 0.1) is 30.0 Å². The first-order valence-corrected chi connectivity index (χ1v) is 8.95. The van der Waals surface area contributed by atoms with Crippen molar-refractivity contribution in [2.75, 3.05) is 19.0 Å². The molecule has 0 saturated heterocycles. The lowest BCUT2D eigenvalue weighted by Crippen LogP contribution is -2.31. The van der Waals surface area contributed by atoms with Crippen molar-refractivity contribution in [1.82, 2.24) is 0 Å². The molecule has 1 amide bonds. The standard InChI is InChI=1S/C19H16FNO5S/c1-25-15-7-6-11(20)8-12(15)14(22)10-26-18(23)9-17-19(24)21-13-4-2-3-5-16(13)27-17/h2-8,17H,9-10H2,1H3,(H,21,24)/t17-/m0/s1. The monoisotopic (exact) mass is 389 g/mol. The number of anilines is 1. The van der Waals surface area contributed by atoms with Crippen LogP contribution in [0.15, 0.2) is 47.4 Å². The van der Waals surface area contributed by atoms with Gasteiger partial charge in [0.25, 0.3) is 0 Å². The predicted octanol–water partition coefficient (Wildman–Crippen LogP) is 3.06. The van der Waals surface area contributed by atoms with Crippen LogP contribution in [0.5, 0.6) is 5.75 Å². The summed E-state index contributed by atoms with van der Waals surface area (Å²) < 4.78 is 23.3. The van der Waals surface area contributed by atoms with E-state index in [1.165, 1.54) is 31.0 Å². The van der Waals surface area contributed by atoms with E-state index in [0.717, 1.165) is 11.0 Å². The second-order valence-electron chi connectivity index (χ2n) is 5.72. The largest absolute Gasteiger partial charge is 0.496 e. The van der Waals surface area contributed by atoms with E-state index >= 15 is 0 Å². The minimum absolute atomic E-state index is 0.0102. The van der Waals surface area contributed by atoms with Gasteiger partial charge in [0.1, 0.15) is 11.6 Å². The van der Waals surface area contributed by atoms with Crippen LogP contribution >= 0.6 is 11.8 Å². The Bertz CT molecular complexity index is 901. The summed E-state index contributed by atoms with van der Waals surface area (Å²) in [6.07, 6.45) is -0.182. The fourth-order valence-electron chi connectivity index (χ4n) is 2.56. The van der Waals surface area contributed by atoms with Gasteiger partial charge in [0, 0.05) is 4.90 Å². The van der Waals surface area contributed by atoms with Crippen molar-refractivity contribution < 1.29 is 28.2 Å². The molecule has 0 fully saturated rings. The molecule has 0 spiro atoms. The molecule has 0 aliphatic carbocycles. The van der Waals surface area contributed by atoms with Gasteiger partial charge in [0.15, 0.2) is 6.61 Å². The molecule has 6 nitrogen and oxygen atoms in total. The molecule has 8 heteroatoms. The Kier molecular flexibility index (Phi) is 5.75. The van der Waals surface area contributed by atoms with E-state index in [-0.39, 0.29) is 23.6 Å². The van der Waals surface area contributed by atoms with Crippen molar-refractivity contribution in [2.45, 2.75) is 16.6 Å². The average Bonchev–Trinajstić information content (AvgIpc) is 2.66. The van der Waals surface area contributed by atoms with Crippen LogP contribution in [0.2, 0.25) is 0 Å². The topological polar surface area (TPSA) is 81.7 Å². The number of para-hydroxylation sites is 1. The molecular weight excluding hydrogens is 373 g/mol. The number of Topliss-reactive ketones (excluding diaryl/α,β-unsaturated/α-hetero) is 1. The van der Waals surface area contributed by atoms with Crippen LogP contribution in [0, 0.1) is 5.82 Å². The zero-order valence-electron chi connectivity index (χ0n) is 14.4. The number of ketones is 1. The van der Waals surface area contributed by atoms with Crippen molar-refractivity contribution in [1.29, 1.82) is 0 Å². The molecule has 1 aliphatic rings. The number of carbonyl (C=O) groups excluding carboxylic acids is 3. The fraction of sp³-hybridized carbons (Fsp3) is 0.211. The first-order valence-electron chi connectivity index (χ1n) is 8.07. The molecule has 2 aromatic rings. The first kappa shape index (κ1) is 18.9. The highest BCUT2D eigenvalue weighted by Gasteiger charge is 2.29. The predicted molar refractivity (Wildman–Crippen MR) is 97.6 cm³/mol. The number of esters is 1. The van der Waals surface area contributed by atoms with Gasteiger partial charge >= 0.3 is 5.97 Å². The van der Waals surface area contributed by atoms with Gasteiger partial charge in [-0.05, 0) is 30.3 Å². The van der Waals surface area contributed by atoms with Crippen LogP contribution < -0.4 is 10.1 Å². The van der Waals surface area contributed by atoms with Gasteiger partial charge in [-0.3, -0.25) is 14.4 Å². The van der Waals surface area contributed by atoms with Crippen LogP contribution in [0.3, 0.4) is 0 Å². The Morgan fingerprint density at radius 1 is 1.22 bits per heavy atom. The minimum atomic E-state index is -0.689. The van der Waals surface area contributed by atoms with Crippen LogP contribution in [0.25, 0.3) is 0 Å². The zero-order chi connectivity index (χ0) is 19.4. The van der Waals surface area contributed by atoms with Crippen LogP contribution in [0.4, 0.5) is 10.1 Å². The summed E-state index contributed by atoms with van der Waals surface area (Å²) in [6.45, 7) is -0.561. The van der Waals surface area contributed by atoms with Crippen LogP contribution in [-0.4, -0.2) is 36.6 Å². The molecule has 1 heterocycles. The molecule has 0 radical (unpaired) electrons. The van der Waals surface area contributed by atoms with Crippen molar-refractivity contribution in [3.8, 4) is 5.75 Å². The highest BCUT2D eigenvalue weighted by atomic mass is 32.2. The molecule has 140 valence electrons. The van der Waals surface area contributed by atoms with Crippen LogP contribution in [-0.2, 0) is 14.3 Å². The Morgan fingerprint density at radius 3 is 2.78 bits per heavy atom. The normalized spacial score (nSPS) is 15.5. The molecule has 1 N–H and O–H groups in total. The zero-order valence-corrected chi connectivity index (χ0v) is 15.2. The molecule has 1 atom stereocenters. The smallest absolute Gasteiger partial charge is 0.307 e. The molecule has 0 aromatic heterocycles. The maximum atomic E-state index is 13.4.